The zero-order valence-electron chi connectivity index (χ0n) is 11.4. The van der Waals surface area contributed by atoms with E-state index in [2.05, 4.69) is 48.6 Å². The third-order valence-corrected chi connectivity index (χ3v) is 4.87. The van der Waals surface area contributed by atoms with Gasteiger partial charge in [0.1, 0.15) is 0 Å². The predicted octanol–water partition coefficient (Wildman–Crippen LogP) is 3.79. The summed E-state index contributed by atoms with van der Waals surface area (Å²) in [5, 5.41) is 7.39. The first-order chi connectivity index (χ1) is 8.53. The summed E-state index contributed by atoms with van der Waals surface area (Å²) in [5.74, 6) is 0. The molecule has 1 N–H and O–H groups in total. The van der Waals surface area contributed by atoms with Crippen molar-refractivity contribution in [1.82, 2.24) is 5.32 Å². The minimum absolute atomic E-state index is 0.402. The molecular weight excluding hydrogens is 260 g/mol. The van der Waals surface area contributed by atoms with Gasteiger partial charge in [-0.05, 0) is 29.7 Å². The fraction of sp³-hybridized carbons (Fsp3) is 0.643. The molecule has 0 saturated carbocycles. The largest absolute Gasteiger partial charge is 0.365 e. The lowest BCUT2D eigenvalue weighted by atomic mass is 9.90. The van der Waals surface area contributed by atoms with Gasteiger partial charge in [-0.1, -0.05) is 38.6 Å². The molecule has 1 aliphatic heterocycles. The quantitative estimate of drug-likeness (QED) is 0.908. The van der Waals surface area contributed by atoms with E-state index in [0.29, 0.717) is 10.7 Å². The van der Waals surface area contributed by atoms with Crippen molar-refractivity contribution < 1.29 is 0 Å². The molecule has 0 amide bonds. The van der Waals surface area contributed by atoms with E-state index in [9.17, 15) is 0 Å². The normalized spacial score (nSPS) is 19.9. The molecule has 0 fully saturated rings. The van der Waals surface area contributed by atoms with E-state index in [1.807, 2.05) is 23.1 Å². The van der Waals surface area contributed by atoms with Gasteiger partial charge >= 0.3 is 0 Å². The number of nitrogens with zero attached hydrogens (tertiary/aromatic N) is 1. The zero-order valence-corrected chi connectivity index (χ0v) is 13.0. The van der Waals surface area contributed by atoms with Crippen molar-refractivity contribution >= 4 is 28.3 Å². The molecule has 2 nitrogen and oxygen atoms in total. The highest BCUT2D eigenvalue weighted by Gasteiger charge is 2.24. The number of aliphatic imine (C=N–C) groups is 1. The van der Waals surface area contributed by atoms with Crippen molar-refractivity contribution in [2.45, 2.75) is 38.9 Å². The molecule has 0 bridgehead atoms. The molecule has 0 aliphatic carbocycles. The Morgan fingerprint density at radius 3 is 2.94 bits per heavy atom. The fourth-order valence-corrected chi connectivity index (χ4v) is 4.14. The van der Waals surface area contributed by atoms with Gasteiger partial charge in [-0.2, -0.15) is 0 Å². The Kier molecular flexibility index (Phi) is 4.73. The highest BCUT2D eigenvalue weighted by Crippen LogP contribution is 2.31. The second kappa shape index (κ2) is 6.11. The van der Waals surface area contributed by atoms with Gasteiger partial charge in [0.2, 0.25) is 0 Å². The van der Waals surface area contributed by atoms with E-state index in [-0.39, 0.29) is 0 Å². The van der Waals surface area contributed by atoms with Crippen molar-refractivity contribution in [2.75, 3.05) is 13.1 Å². The lowest BCUT2D eigenvalue weighted by Crippen LogP contribution is -2.22. The highest BCUT2D eigenvalue weighted by molar-refractivity contribution is 8.14. The molecule has 2 heterocycles. The Morgan fingerprint density at radius 1 is 1.44 bits per heavy atom. The van der Waals surface area contributed by atoms with E-state index in [4.69, 9.17) is 0 Å². The van der Waals surface area contributed by atoms with Crippen LogP contribution in [0.15, 0.2) is 22.5 Å². The Balaban J connectivity index is 1.66. The van der Waals surface area contributed by atoms with Crippen LogP contribution < -0.4 is 5.32 Å². The first-order valence-electron chi connectivity index (χ1n) is 6.50. The second-order valence-electron chi connectivity index (χ2n) is 5.91. The average Bonchev–Trinajstić information content (AvgIpc) is 2.88. The molecule has 1 aromatic heterocycles. The minimum Gasteiger partial charge on any atom is -0.365 e. The monoisotopic (exact) mass is 282 g/mol. The Labute approximate surface area is 118 Å². The van der Waals surface area contributed by atoms with E-state index < -0.39 is 0 Å². The number of hydrogen-bond donors (Lipinski definition) is 1. The Morgan fingerprint density at radius 2 is 2.28 bits per heavy atom. The van der Waals surface area contributed by atoms with Gasteiger partial charge in [-0.25, -0.2) is 0 Å². The van der Waals surface area contributed by atoms with Crippen molar-refractivity contribution in [3.8, 4) is 0 Å². The molecule has 1 aliphatic rings. The molecule has 0 radical (unpaired) electrons. The average molecular weight is 282 g/mol. The summed E-state index contributed by atoms with van der Waals surface area (Å²) < 4.78 is 0. The number of thiophene rings is 1. The summed E-state index contributed by atoms with van der Waals surface area (Å²) in [5.41, 5.74) is 0.402. The molecule has 100 valence electrons. The van der Waals surface area contributed by atoms with Crippen molar-refractivity contribution in [3.05, 3.63) is 22.4 Å². The van der Waals surface area contributed by atoms with Crippen LogP contribution in [0.1, 0.15) is 32.1 Å². The zero-order chi connectivity index (χ0) is 13.0. The van der Waals surface area contributed by atoms with Crippen LogP contribution in [-0.2, 0) is 6.42 Å². The van der Waals surface area contributed by atoms with Gasteiger partial charge in [0.05, 0.1) is 6.54 Å². The van der Waals surface area contributed by atoms with Crippen LogP contribution in [0.25, 0.3) is 0 Å². The van der Waals surface area contributed by atoms with Crippen molar-refractivity contribution in [1.29, 1.82) is 0 Å². The third kappa shape index (κ3) is 4.65. The summed E-state index contributed by atoms with van der Waals surface area (Å²) in [7, 11) is 0. The van der Waals surface area contributed by atoms with Crippen molar-refractivity contribution in [3.63, 3.8) is 0 Å². The van der Waals surface area contributed by atoms with E-state index in [1.54, 1.807) is 0 Å². The van der Waals surface area contributed by atoms with Gasteiger partial charge in [0.25, 0.3) is 0 Å². The number of thioether (sulfide) groups is 1. The van der Waals surface area contributed by atoms with Gasteiger partial charge in [0.15, 0.2) is 5.17 Å². The summed E-state index contributed by atoms with van der Waals surface area (Å²) in [6.07, 6.45) is 2.33. The maximum absolute atomic E-state index is 4.59. The molecule has 4 heteroatoms. The van der Waals surface area contributed by atoms with Crippen LogP contribution in [0.4, 0.5) is 0 Å². The van der Waals surface area contributed by atoms with Gasteiger partial charge < -0.3 is 5.32 Å². The standard InChI is InChI=1S/C14H22N2S2/c1-14(2,3)9-12-10-16-13(18-12)15-7-6-11-5-4-8-17-11/h4-5,8,12H,6-7,9-10H2,1-3H3,(H,15,16). The van der Waals surface area contributed by atoms with Crippen LogP contribution in [0.2, 0.25) is 0 Å². The van der Waals surface area contributed by atoms with E-state index >= 15 is 0 Å². The number of nitrogens with one attached hydrogen (secondary N) is 1. The smallest absolute Gasteiger partial charge is 0.156 e. The van der Waals surface area contributed by atoms with Crippen LogP contribution in [-0.4, -0.2) is 23.5 Å². The van der Waals surface area contributed by atoms with Gasteiger partial charge in [0, 0.05) is 16.7 Å². The Hall–Kier alpha value is -0.480. The number of rotatable bonds is 4. The summed E-state index contributed by atoms with van der Waals surface area (Å²) >= 11 is 3.74. The molecule has 18 heavy (non-hydrogen) atoms. The SMILES string of the molecule is CC(C)(C)CC1CN=C(NCCc2cccs2)S1. The van der Waals surface area contributed by atoms with Crippen LogP contribution >= 0.6 is 23.1 Å². The lowest BCUT2D eigenvalue weighted by Gasteiger charge is -2.21. The maximum atomic E-state index is 4.59. The molecule has 1 aromatic rings. The first-order valence-corrected chi connectivity index (χ1v) is 8.26. The Bertz CT molecular complexity index is 390. The highest BCUT2D eigenvalue weighted by atomic mass is 32.2. The molecular formula is C14H22N2S2. The third-order valence-electron chi connectivity index (χ3n) is 2.78. The molecule has 0 spiro atoms. The van der Waals surface area contributed by atoms with Crippen LogP contribution in [0.5, 0.6) is 0 Å². The maximum Gasteiger partial charge on any atom is 0.156 e. The van der Waals surface area contributed by atoms with Crippen LogP contribution in [0.3, 0.4) is 0 Å². The topological polar surface area (TPSA) is 24.4 Å². The van der Waals surface area contributed by atoms with E-state index in [0.717, 1.165) is 24.7 Å². The van der Waals surface area contributed by atoms with Crippen LogP contribution in [0, 0.1) is 5.41 Å². The minimum atomic E-state index is 0.402. The number of amidine groups is 1. The predicted molar refractivity (Wildman–Crippen MR) is 83.8 cm³/mol. The lowest BCUT2D eigenvalue weighted by molar-refractivity contribution is 0.375. The van der Waals surface area contributed by atoms with E-state index in [1.165, 1.54) is 11.3 Å². The molecule has 1 unspecified atom stereocenters. The van der Waals surface area contributed by atoms with Crippen molar-refractivity contribution in [2.24, 2.45) is 10.4 Å². The summed E-state index contributed by atoms with van der Waals surface area (Å²) in [6, 6.07) is 4.31. The molecule has 1 atom stereocenters. The number of hydrogen-bond acceptors (Lipinski definition) is 4. The second-order valence-corrected chi connectivity index (χ2v) is 8.23. The molecule has 0 aromatic carbocycles. The first kappa shape index (κ1) is 13.9. The fourth-order valence-electron chi connectivity index (χ4n) is 2.05. The summed E-state index contributed by atoms with van der Waals surface area (Å²) in [6.45, 7) is 8.87. The molecule has 0 saturated heterocycles. The molecule has 2 rings (SSSR count). The van der Waals surface area contributed by atoms with Gasteiger partial charge in [-0.15, -0.1) is 11.3 Å². The van der Waals surface area contributed by atoms with Gasteiger partial charge in [-0.3, -0.25) is 4.99 Å². The summed E-state index contributed by atoms with van der Waals surface area (Å²) in [4.78, 5) is 6.03.